The first-order valence-electron chi connectivity index (χ1n) is 15.2. The lowest BCUT2D eigenvalue weighted by atomic mass is 9.83. The van der Waals surface area contributed by atoms with Gasteiger partial charge in [-0.3, -0.25) is 19.2 Å². The number of nitrogens with zero attached hydrogens (tertiary/aromatic N) is 4. The molecule has 4 amide bonds. The molecule has 4 heterocycles. The molecule has 0 N–H and O–H groups in total. The minimum Gasteiger partial charge on any atom is -0.496 e. The van der Waals surface area contributed by atoms with Crippen LogP contribution in [0.2, 0.25) is 0 Å². The van der Waals surface area contributed by atoms with Crippen LogP contribution in [0, 0.1) is 11.8 Å². The topological polar surface area (TPSA) is 99.7 Å². The minimum atomic E-state index is -0.992. The molecule has 0 aliphatic carbocycles. The van der Waals surface area contributed by atoms with Gasteiger partial charge in [-0.2, -0.15) is 0 Å². The molecule has 4 aromatic carbocycles. The van der Waals surface area contributed by atoms with E-state index in [1.807, 2.05) is 58.5 Å². The molecule has 0 saturated carbocycles. The summed E-state index contributed by atoms with van der Waals surface area (Å²) in [5, 5.41) is 3.66. The number of amides is 4. The Hall–Kier alpha value is -5.32. The van der Waals surface area contributed by atoms with Crippen LogP contribution in [0.25, 0.3) is 0 Å². The number of hydrazine groups is 1. The molecule has 4 saturated heterocycles. The second kappa shape index (κ2) is 10.6. The van der Waals surface area contributed by atoms with Crippen LogP contribution < -0.4 is 19.3 Å². The zero-order valence-corrected chi connectivity index (χ0v) is 25.1. The van der Waals surface area contributed by atoms with Gasteiger partial charge in [-0.15, -0.1) is 0 Å². The quantitative estimate of drug-likeness (QED) is 0.299. The average Bonchev–Trinajstić information content (AvgIpc) is 3.76. The summed E-state index contributed by atoms with van der Waals surface area (Å²) in [6.45, 7) is 0. The van der Waals surface area contributed by atoms with Gasteiger partial charge in [-0.05, 0) is 36.4 Å². The average molecular weight is 615 g/mol. The van der Waals surface area contributed by atoms with Gasteiger partial charge in [0.05, 0.1) is 49.5 Å². The maximum absolute atomic E-state index is 14.6. The van der Waals surface area contributed by atoms with Crippen LogP contribution in [0.15, 0.2) is 109 Å². The van der Waals surface area contributed by atoms with Crippen molar-refractivity contribution in [2.75, 3.05) is 24.0 Å². The monoisotopic (exact) mass is 614 g/mol. The Bertz CT molecular complexity index is 1750. The van der Waals surface area contributed by atoms with Crippen LogP contribution in [0.5, 0.6) is 11.5 Å². The Balaban J connectivity index is 1.37. The lowest BCUT2D eigenvalue weighted by Gasteiger charge is -2.36. The summed E-state index contributed by atoms with van der Waals surface area (Å²) in [7, 11) is 3.10. The first kappa shape index (κ1) is 28.2. The molecule has 0 spiro atoms. The Labute approximate surface area is 265 Å². The molecule has 0 bridgehead atoms. The Kier molecular flexibility index (Phi) is 6.52. The molecule has 10 nitrogen and oxygen atoms in total. The molecule has 10 heteroatoms. The maximum Gasteiger partial charge on any atom is 0.253 e. The molecule has 0 unspecified atom stereocenters. The fourth-order valence-electron chi connectivity index (χ4n) is 7.93. The summed E-state index contributed by atoms with van der Waals surface area (Å²) in [5.41, 5.74) is 2.23. The predicted molar refractivity (Wildman–Crippen MR) is 168 cm³/mol. The Morgan fingerprint density at radius 2 is 0.783 bits per heavy atom. The van der Waals surface area contributed by atoms with Crippen molar-refractivity contribution < 1.29 is 28.7 Å². The smallest absolute Gasteiger partial charge is 0.253 e. The van der Waals surface area contributed by atoms with Crippen molar-refractivity contribution >= 4 is 35.0 Å². The number of fused-ring (bicyclic) bond motifs is 5. The maximum atomic E-state index is 14.6. The highest BCUT2D eigenvalue weighted by Gasteiger charge is 2.74. The summed E-state index contributed by atoms with van der Waals surface area (Å²) in [5.74, 6) is -2.34. The van der Waals surface area contributed by atoms with Gasteiger partial charge in [-0.25, -0.2) is 19.8 Å². The molecule has 46 heavy (non-hydrogen) atoms. The molecule has 4 aromatic rings. The van der Waals surface area contributed by atoms with E-state index in [0.29, 0.717) is 34.0 Å². The molecule has 6 atom stereocenters. The second-order valence-corrected chi connectivity index (χ2v) is 11.8. The number of hydrogen-bond acceptors (Lipinski definition) is 8. The van der Waals surface area contributed by atoms with E-state index in [1.165, 1.54) is 9.80 Å². The van der Waals surface area contributed by atoms with Crippen molar-refractivity contribution in [3.63, 3.8) is 0 Å². The number of imide groups is 2. The molecular weight excluding hydrogens is 584 g/mol. The third-order valence-electron chi connectivity index (χ3n) is 9.67. The number of anilines is 2. The van der Waals surface area contributed by atoms with Crippen LogP contribution >= 0.6 is 0 Å². The summed E-state index contributed by atoms with van der Waals surface area (Å²) < 4.78 is 11.6. The van der Waals surface area contributed by atoms with E-state index in [1.54, 1.807) is 74.9 Å². The summed E-state index contributed by atoms with van der Waals surface area (Å²) in [6.07, 6.45) is 0. The molecule has 230 valence electrons. The van der Waals surface area contributed by atoms with Gasteiger partial charge in [-0.1, -0.05) is 72.8 Å². The highest BCUT2D eigenvalue weighted by molar-refractivity contribution is 6.26. The molecule has 4 aliphatic heterocycles. The number of carbonyl (C=O) groups excluding carboxylic acids is 4. The summed E-state index contributed by atoms with van der Waals surface area (Å²) in [4.78, 5) is 60.7. The minimum absolute atomic E-state index is 0.376. The van der Waals surface area contributed by atoms with Crippen molar-refractivity contribution in [2.45, 2.75) is 24.2 Å². The fraction of sp³-hybridized carbons (Fsp3) is 0.222. The van der Waals surface area contributed by atoms with Crippen molar-refractivity contribution in [1.82, 2.24) is 10.0 Å². The van der Waals surface area contributed by atoms with Crippen LogP contribution in [0.1, 0.15) is 23.2 Å². The number of ether oxygens (including phenoxy) is 2. The highest BCUT2D eigenvalue weighted by atomic mass is 16.5. The third-order valence-corrected chi connectivity index (χ3v) is 9.67. The lowest BCUT2D eigenvalue weighted by molar-refractivity contribution is -0.136. The lowest BCUT2D eigenvalue weighted by Crippen LogP contribution is -2.50. The summed E-state index contributed by atoms with van der Waals surface area (Å²) >= 11 is 0. The van der Waals surface area contributed by atoms with E-state index >= 15 is 0 Å². The van der Waals surface area contributed by atoms with Crippen molar-refractivity contribution in [1.29, 1.82) is 0 Å². The van der Waals surface area contributed by atoms with Crippen LogP contribution in [-0.4, -0.2) is 59.9 Å². The van der Waals surface area contributed by atoms with E-state index in [9.17, 15) is 19.2 Å². The zero-order chi connectivity index (χ0) is 31.7. The number of hydrogen-bond donors (Lipinski definition) is 0. The number of carbonyl (C=O) groups is 4. The van der Waals surface area contributed by atoms with Crippen molar-refractivity contribution in [3.05, 3.63) is 120 Å². The van der Waals surface area contributed by atoms with E-state index in [2.05, 4.69) is 0 Å². The van der Waals surface area contributed by atoms with Gasteiger partial charge in [0.15, 0.2) is 0 Å². The van der Waals surface area contributed by atoms with Crippen LogP contribution in [-0.2, 0) is 19.2 Å². The SMILES string of the molecule is COc1ccccc1[C@@H]1[C@@H]2C(=O)N(c3ccccc3)C(=O)[C@@H]2N2[C@H](c3ccccc3OC)[C@@H]3C(=O)N(c4ccccc4)C(=O)[C@H]3N12. The summed E-state index contributed by atoms with van der Waals surface area (Å²) in [6, 6.07) is 28.8. The molecule has 0 radical (unpaired) electrons. The number of benzene rings is 4. The molecular formula is C36H30N4O6. The van der Waals surface area contributed by atoms with Crippen LogP contribution in [0.3, 0.4) is 0 Å². The first-order chi connectivity index (χ1) is 22.5. The number of methoxy groups -OCH3 is 2. The van der Waals surface area contributed by atoms with Crippen molar-refractivity contribution in [3.8, 4) is 11.5 Å². The Morgan fingerprint density at radius 1 is 0.435 bits per heavy atom. The van der Waals surface area contributed by atoms with Gasteiger partial charge in [0.25, 0.3) is 11.8 Å². The first-order valence-corrected chi connectivity index (χ1v) is 15.2. The van der Waals surface area contributed by atoms with E-state index in [-0.39, 0.29) is 11.8 Å². The van der Waals surface area contributed by atoms with Gasteiger partial charge < -0.3 is 9.47 Å². The normalized spacial score (nSPS) is 27.3. The molecule has 4 fully saturated rings. The largest absolute Gasteiger partial charge is 0.496 e. The zero-order valence-electron chi connectivity index (χ0n) is 25.1. The van der Waals surface area contributed by atoms with Gasteiger partial charge in [0.1, 0.15) is 23.6 Å². The fourth-order valence-corrected chi connectivity index (χ4v) is 7.93. The highest BCUT2D eigenvalue weighted by Crippen LogP contribution is 2.61. The molecule has 4 aliphatic rings. The predicted octanol–water partition coefficient (Wildman–Crippen LogP) is 4.15. The van der Waals surface area contributed by atoms with Crippen LogP contribution in [0.4, 0.5) is 11.4 Å². The standard InChI is InChI=1S/C36H30N4O6/c1-45-25-19-11-9-17-23(25)29-27-31(35(43)37(33(27)41)21-13-5-3-6-14-21)40-30(24-18-10-12-20-26(24)46-2)28-32(39(29)40)36(44)38(34(28)42)22-15-7-4-8-16-22/h3-20,27-32H,1-2H3/t27-,28-,29+,30+,31-,32+/m0/s1. The van der Waals surface area contributed by atoms with Gasteiger partial charge in [0, 0.05) is 11.1 Å². The second-order valence-electron chi connectivity index (χ2n) is 11.8. The number of para-hydroxylation sites is 4. The molecule has 0 aromatic heterocycles. The van der Waals surface area contributed by atoms with E-state index < -0.39 is 47.8 Å². The van der Waals surface area contributed by atoms with Gasteiger partial charge in [0.2, 0.25) is 11.8 Å². The number of rotatable bonds is 6. The van der Waals surface area contributed by atoms with Crippen molar-refractivity contribution in [2.24, 2.45) is 11.8 Å². The third kappa shape index (κ3) is 3.77. The van der Waals surface area contributed by atoms with Gasteiger partial charge >= 0.3 is 0 Å². The molecule has 8 rings (SSSR count). The van der Waals surface area contributed by atoms with E-state index in [0.717, 1.165) is 0 Å². The Morgan fingerprint density at radius 3 is 1.15 bits per heavy atom. The van der Waals surface area contributed by atoms with E-state index in [4.69, 9.17) is 9.47 Å².